The fourth-order valence-electron chi connectivity index (χ4n) is 3.79. The van der Waals surface area contributed by atoms with Crippen LogP contribution in [0.3, 0.4) is 0 Å². The van der Waals surface area contributed by atoms with E-state index in [4.69, 9.17) is 27.9 Å². The Morgan fingerprint density at radius 2 is 1.59 bits per heavy atom. The molecule has 1 aromatic heterocycles. The lowest BCUT2D eigenvalue weighted by Gasteiger charge is -2.12. The number of sulfonamides is 1. The van der Waals surface area contributed by atoms with Gasteiger partial charge in [0.05, 0.1) is 27.0 Å². The van der Waals surface area contributed by atoms with E-state index in [1.54, 1.807) is 68.6 Å². The molecule has 9 nitrogen and oxygen atoms in total. The van der Waals surface area contributed by atoms with Gasteiger partial charge >= 0.3 is 5.97 Å². The lowest BCUT2D eigenvalue weighted by atomic mass is 10.1. The number of para-hydroxylation sites is 1. The molecule has 0 unspecified atom stereocenters. The average Bonchev–Trinajstić information content (AvgIpc) is 3.11. The second kappa shape index (κ2) is 11.1. The molecule has 0 atom stereocenters. The Morgan fingerprint density at radius 1 is 0.949 bits per heavy atom. The maximum Gasteiger partial charge on any atom is 0.338 e. The van der Waals surface area contributed by atoms with E-state index < -0.39 is 38.8 Å². The summed E-state index contributed by atoms with van der Waals surface area (Å²) >= 11 is 12.4. The Bertz CT molecular complexity index is 1740. The van der Waals surface area contributed by atoms with E-state index >= 15 is 0 Å². The van der Waals surface area contributed by atoms with Crippen LogP contribution in [0.2, 0.25) is 10.0 Å². The van der Waals surface area contributed by atoms with Gasteiger partial charge in [-0.3, -0.25) is 19.0 Å². The summed E-state index contributed by atoms with van der Waals surface area (Å²) in [4.78, 5) is 37.7. The van der Waals surface area contributed by atoms with Gasteiger partial charge in [-0.15, -0.1) is 0 Å². The van der Waals surface area contributed by atoms with E-state index in [0.717, 1.165) is 17.7 Å². The number of nitrogens with one attached hydrogen (secondary N) is 1. The molecule has 0 amide bonds. The predicted molar refractivity (Wildman–Crippen MR) is 149 cm³/mol. The van der Waals surface area contributed by atoms with Gasteiger partial charge in [0.2, 0.25) is 0 Å². The number of aryl methyl sites for hydroxylation is 1. The highest BCUT2D eigenvalue weighted by molar-refractivity contribution is 7.92. The van der Waals surface area contributed by atoms with Crippen LogP contribution in [0.1, 0.15) is 32.0 Å². The van der Waals surface area contributed by atoms with E-state index in [2.05, 4.69) is 4.72 Å². The first-order valence-corrected chi connectivity index (χ1v) is 13.8. The van der Waals surface area contributed by atoms with Crippen molar-refractivity contribution in [1.29, 1.82) is 0 Å². The molecule has 1 N–H and O–H groups in total. The monoisotopic (exact) mass is 587 g/mol. The largest absolute Gasteiger partial charge is 0.454 e. The number of carbonyl (C=O) groups excluding carboxylic acids is 2. The summed E-state index contributed by atoms with van der Waals surface area (Å²) in [5.41, 5.74) is 1.13. The number of Topliss-reactive ketones (excluding diaryl/α,β-unsaturated/α-hetero) is 1. The molecule has 0 radical (unpaired) electrons. The molecule has 0 fully saturated rings. The van der Waals surface area contributed by atoms with E-state index in [0.29, 0.717) is 16.9 Å². The van der Waals surface area contributed by atoms with Crippen molar-refractivity contribution in [2.75, 3.05) is 11.3 Å². The van der Waals surface area contributed by atoms with Crippen molar-refractivity contribution >= 4 is 50.7 Å². The highest BCUT2D eigenvalue weighted by atomic mass is 35.5. The molecule has 0 saturated heterocycles. The van der Waals surface area contributed by atoms with Crippen LogP contribution < -0.4 is 10.3 Å². The zero-order valence-electron chi connectivity index (χ0n) is 21.1. The van der Waals surface area contributed by atoms with Crippen LogP contribution in [-0.2, 0) is 21.8 Å². The molecule has 202 valence electrons. The molecule has 1 heterocycles. The lowest BCUT2D eigenvalue weighted by molar-refractivity contribution is 0.0474. The molecule has 0 aliphatic heterocycles. The summed E-state index contributed by atoms with van der Waals surface area (Å²) in [6, 6.07) is 17.5. The van der Waals surface area contributed by atoms with Crippen LogP contribution in [0.5, 0.6) is 0 Å². The van der Waals surface area contributed by atoms with E-state index in [-0.39, 0.29) is 21.3 Å². The quantitative estimate of drug-likeness (QED) is 0.230. The first-order chi connectivity index (χ1) is 18.4. The third-order valence-electron chi connectivity index (χ3n) is 6.02. The number of anilines is 1. The summed E-state index contributed by atoms with van der Waals surface area (Å²) in [6.45, 7) is 2.88. The Balaban J connectivity index is 1.62. The smallest absolute Gasteiger partial charge is 0.338 e. The first kappa shape index (κ1) is 28.2. The number of halogens is 2. The van der Waals surface area contributed by atoms with Crippen molar-refractivity contribution in [3.05, 3.63) is 110 Å². The van der Waals surface area contributed by atoms with Gasteiger partial charge in [0, 0.05) is 12.6 Å². The van der Waals surface area contributed by atoms with Gasteiger partial charge in [0.1, 0.15) is 10.6 Å². The van der Waals surface area contributed by atoms with E-state index in [1.165, 1.54) is 9.36 Å². The summed E-state index contributed by atoms with van der Waals surface area (Å²) in [7, 11) is -2.89. The molecule has 39 heavy (non-hydrogen) atoms. The second-order valence-electron chi connectivity index (χ2n) is 8.68. The molecule has 0 aliphatic carbocycles. The SMILES string of the molecule is Cc1ccc(C(=O)COC(=O)c2cc(Cl)c(Cl)c(S(=O)(=O)Nc3c(C)n(C)n(-c4ccccc4)c3=O)c2)cc1. The van der Waals surface area contributed by atoms with Crippen LogP contribution in [-0.4, -0.2) is 36.1 Å². The standard InChI is InChI=1S/C27H23Cl2N3O6S/c1-16-9-11-18(12-10-16)22(33)15-38-27(35)19-13-21(28)24(29)23(14-19)39(36,37)30-25-17(2)31(3)32(26(25)34)20-7-5-4-6-8-20/h4-14,30H,15H2,1-3H3. The lowest BCUT2D eigenvalue weighted by Crippen LogP contribution is -2.23. The molecule has 3 aromatic carbocycles. The van der Waals surface area contributed by atoms with Crippen molar-refractivity contribution in [3.8, 4) is 5.69 Å². The Labute approximate surface area is 234 Å². The van der Waals surface area contributed by atoms with Crippen molar-refractivity contribution in [1.82, 2.24) is 9.36 Å². The molecule has 4 aromatic rings. The van der Waals surface area contributed by atoms with Gasteiger partial charge in [-0.25, -0.2) is 17.9 Å². The van der Waals surface area contributed by atoms with Crippen molar-refractivity contribution in [2.24, 2.45) is 7.05 Å². The van der Waals surface area contributed by atoms with Crippen molar-refractivity contribution in [3.63, 3.8) is 0 Å². The molecule has 4 rings (SSSR count). The Hall–Kier alpha value is -3.86. The number of esters is 1. The highest BCUT2D eigenvalue weighted by Gasteiger charge is 2.27. The number of benzene rings is 3. The third kappa shape index (κ3) is 5.78. The van der Waals surface area contributed by atoms with Gasteiger partial charge in [-0.05, 0) is 38.1 Å². The number of hydrogen-bond donors (Lipinski definition) is 1. The number of ether oxygens (including phenoxy) is 1. The zero-order valence-corrected chi connectivity index (χ0v) is 23.4. The van der Waals surface area contributed by atoms with Gasteiger partial charge in [0.25, 0.3) is 15.6 Å². The van der Waals surface area contributed by atoms with Crippen LogP contribution in [0, 0.1) is 13.8 Å². The summed E-state index contributed by atoms with van der Waals surface area (Å²) in [6.07, 6.45) is 0. The molecule has 0 spiro atoms. The normalized spacial score (nSPS) is 11.3. The third-order valence-corrected chi connectivity index (χ3v) is 8.31. The molecule has 0 aliphatic rings. The van der Waals surface area contributed by atoms with Crippen LogP contribution >= 0.6 is 23.2 Å². The first-order valence-electron chi connectivity index (χ1n) is 11.5. The maximum absolute atomic E-state index is 13.4. The predicted octanol–water partition coefficient (Wildman–Crippen LogP) is 4.94. The Kier molecular flexibility index (Phi) is 8.01. The molecular formula is C27H23Cl2N3O6S. The van der Waals surface area contributed by atoms with Gasteiger partial charge in [-0.2, -0.15) is 0 Å². The van der Waals surface area contributed by atoms with Gasteiger partial charge in [-0.1, -0.05) is 71.2 Å². The van der Waals surface area contributed by atoms with Crippen LogP contribution in [0.25, 0.3) is 5.69 Å². The van der Waals surface area contributed by atoms with Crippen molar-refractivity contribution in [2.45, 2.75) is 18.7 Å². The number of ketones is 1. The second-order valence-corrected chi connectivity index (χ2v) is 11.1. The topological polar surface area (TPSA) is 116 Å². The van der Waals surface area contributed by atoms with Crippen molar-refractivity contribution < 1.29 is 22.7 Å². The number of nitrogens with zero attached hydrogens (tertiary/aromatic N) is 2. The Morgan fingerprint density at radius 3 is 2.23 bits per heavy atom. The molecule has 12 heteroatoms. The average molecular weight is 588 g/mol. The van der Waals surface area contributed by atoms with Gasteiger partial charge < -0.3 is 4.74 Å². The number of aromatic nitrogens is 2. The highest BCUT2D eigenvalue weighted by Crippen LogP contribution is 2.32. The minimum absolute atomic E-state index is 0.204. The number of carbonyl (C=O) groups is 2. The fourth-order valence-corrected chi connectivity index (χ4v) is 5.72. The molecule has 0 saturated carbocycles. The maximum atomic E-state index is 13.4. The zero-order chi connectivity index (χ0) is 28.5. The van der Waals surface area contributed by atoms with Crippen LogP contribution in [0.4, 0.5) is 5.69 Å². The fraction of sp³-hybridized carbons (Fsp3) is 0.148. The van der Waals surface area contributed by atoms with E-state index in [1.807, 2.05) is 6.92 Å². The van der Waals surface area contributed by atoms with E-state index in [9.17, 15) is 22.8 Å². The minimum Gasteiger partial charge on any atom is -0.454 e. The number of hydrogen-bond acceptors (Lipinski definition) is 6. The molecular weight excluding hydrogens is 565 g/mol. The summed E-state index contributed by atoms with van der Waals surface area (Å²) in [5, 5.41) is -0.587. The minimum atomic E-state index is -4.50. The van der Waals surface area contributed by atoms with Gasteiger partial charge in [0.15, 0.2) is 12.4 Å². The van der Waals surface area contributed by atoms with Crippen LogP contribution in [0.15, 0.2) is 76.4 Å². The summed E-state index contributed by atoms with van der Waals surface area (Å²) in [5.74, 6) is -1.42. The molecule has 0 bridgehead atoms. The summed E-state index contributed by atoms with van der Waals surface area (Å²) < 4.78 is 36.9. The number of rotatable bonds is 8.